The Morgan fingerprint density at radius 2 is 0.657 bits per heavy atom. The Hall–Kier alpha value is -9.59. The summed E-state index contributed by atoms with van der Waals surface area (Å²) >= 11 is 0. The summed E-state index contributed by atoms with van der Waals surface area (Å²) in [5.74, 6) is 0. The molecule has 0 radical (unpaired) electrons. The van der Waals surface area contributed by atoms with Gasteiger partial charge in [-0.1, -0.05) is 109 Å². The fraction of sp³-hybridized carbons (Fsp3) is 0. The molecule has 0 aliphatic heterocycles. The average molecular weight is 895 g/mol. The molecule has 7 heteroatoms. The number of nitrogens with zero attached hydrogens (tertiary/aromatic N) is 4. The van der Waals surface area contributed by atoms with Crippen molar-refractivity contribution in [3.63, 3.8) is 0 Å². The Labute approximate surface area is 395 Å². The van der Waals surface area contributed by atoms with Crippen LogP contribution in [0, 0.1) is 0 Å². The lowest BCUT2D eigenvalue weighted by atomic mass is 10.1. The van der Waals surface area contributed by atoms with E-state index in [9.17, 15) is 0 Å². The monoisotopic (exact) mass is 894 g/mol. The molecule has 10 aromatic carbocycles. The number of benzene rings is 10. The first-order valence-corrected chi connectivity index (χ1v) is 23.7. The van der Waals surface area contributed by atoms with Crippen LogP contribution in [-0.2, 0) is 0 Å². The second-order valence-electron chi connectivity index (χ2n) is 18.6. The van der Waals surface area contributed by atoms with Gasteiger partial charge in [-0.15, -0.1) is 0 Å². The topological polar surface area (TPSA) is 67.1 Å². The largest absolute Gasteiger partial charge is 0.456 e. The highest BCUT2D eigenvalue weighted by Gasteiger charge is 2.25. The zero-order valence-corrected chi connectivity index (χ0v) is 37.1. The Kier molecular flexibility index (Phi) is 6.83. The summed E-state index contributed by atoms with van der Waals surface area (Å²) in [4.78, 5) is 5.34. The van der Waals surface area contributed by atoms with Crippen molar-refractivity contribution in [3.8, 4) is 17.1 Å². The molecule has 0 aliphatic rings. The van der Waals surface area contributed by atoms with Crippen LogP contribution in [-0.4, -0.2) is 18.7 Å². The van der Waals surface area contributed by atoms with Crippen molar-refractivity contribution >= 4 is 142 Å². The molecule has 7 heterocycles. The SMILES string of the molecule is c1ccc2c(c1)oc1cc3c4ccccc4n(-c4cc(-n5c6ccccc6c6cc7oc8ccccc8c7cc65)c5c(-n6c7ccccc7c7cc8oc9ccccc9c8cc76)ccnc5c4)c3cc12. The maximum absolute atomic E-state index is 6.56. The van der Waals surface area contributed by atoms with Crippen molar-refractivity contribution in [1.29, 1.82) is 0 Å². The molecule has 0 N–H and O–H groups in total. The number of rotatable bonds is 3. The van der Waals surface area contributed by atoms with Gasteiger partial charge in [-0.3, -0.25) is 4.98 Å². The third-order valence-corrected chi connectivity index (χ3v) is 15.0. The number of hydrogen-bond acceptors (Lipinski definition) is 4. The summed E-state index contributed by atoms with van der Waals surface area (Å²) in [6.07, 6.45) is 1.97. The smallest absolute Gasteiger partial charge is 0.136 e. The van der Waals surface area contributed by atoms with E-state index < -0.39 is 0 Å². The highest BCUT2D eigenvalue weighted by atomic mass is 16.3. The Bertz CT molecular complexity index is 5150. The molecule has 0 atom stereocenters. The molecule has 324 valence electrons. The molecule has 0 fully saturated rings. The Morgan fingerprint density at radius 1 is 0.271 bits per heavy atom. The molecular formula is C63H34N4O3. The van der Waals surface area contributed by atoms with Crippen LogP contribution in [0.5, 0.6) is 0 Å². The van der Waals surface area contributed by atoms with Crippen LogP contribution in [0.15, 0.2) is 220 Å². The van der Waals surface area contributed by atoms with Gasteiger partial charge in [-0.05, 0) is 91.0 Å². The van der Waals surface area contributed by atoms with Gasteiger partial charge in [-0.25, -0.2) is 0 Å². The van der Waals surface area contributed by atoms with Crippen LogP contribution >= 0.6 is 0 Å². The normalized spacial score (nSPS) is 12.6. The van der Waals surface area contributed by atoms with Crippen LogP contribution < -0.4 is 0 Å². The highest BCUT2D eigenvalue weighted by molar-refractivity contribution is 6.21. The van der Waals surface area contributed by atoms with Gasteiger partial charge in [0.1, 0.15) is 33.5 Å². The van der Waals surface area contributed by atoms with Crippen molar-refractivity contribution in [3.05, 3.63) is 206 Å². The second-order valence-corrected chi connectivity index (χ2v) is 18.6. The van der Waals surface area contributed by atoms with Gasteiger partial charge in [-0.2, -0.15) is 0 Å². The lowest BCUT2D eigenvalue weighted by Crippen LogP contribution is -2.04. The van der Waals surface area contributed by atoms with E-state index in [0.29, 0.717) is 0 Å². The summed E-state index contributed by atoms with van der Waals surface area (Å²) in [5.41, 5.74) is 15.7. The average Bonchev–Trinajstić information content (AvgIpc) is 4.25. The lowest BCUT2D eigenvalue weighted by molar-refractivity contribution is 0.669. The van der Waals surface area contributed by atoms with Gasteiger partial charge < -0.3 is 27.0 Å². The summed E-state index contributed by atoms with van der Waals surface area (Å²) < 4.78 is 26.9. The minimum Gasteiger partial charge on any atom is -0.456 e. The molecule has 0 unspecified atom stereocenters. The van der Waals surface area contributed by atoms with Crippen LogP contribution in [0.25, 0.3) is 159 Å². The van der Waals surface area contributed by atoms with Gasteiger partial charge in [0.2, 0.25) is 0 Å². The third kappa shape index (κ3) is 4.70. The molecule has 0 spiro atoms. The Morgan fingerprint density at radius 3 is 1.13 bits per heavy atom. The predicted molar refractivity (Wildman–Crippen MR) is 287 cm³/mol. The van der Waals surface area contributed by atoms with Crippen LogP contribution in [0.3, 0.4) is 0 Å². The third-order valence-electron chi connectivity index (χ3n) is 15.0. The van der Waals surface area contributed by atoms with E-state index in [0.717, 1.165) is 159 Å². The zero-order valence-electron chi connectivity index (χ0n) is 37.1. The minimum atomic E-state index is 0.865. The number of pyridine rings is 1. The van der Waals surface area contributed by atoms with Crippen molar-refractivity contribution in [1.82, 2.24) is 18.7 Å². The first-order valence-electron chi connectivity index (χ1n) is 23.7. The number of hydrogen-bond donors (Lipinski definition) is 0. The van der Waals surface area contributed by atoms with Crippen molar-refractivity contribution < 1.29 is 13.3 Å². The molecule has 0 bridgehead atoms. The minimum absolute atomic E-state index is 0.865. The second kappa shape index (κ2) is 13.1. The number of fused-ring (bicyclic) bond motifs is 19. The van der Waals surface area contributed by atoms with Crippen molar-refractivity contribution in [2.24, 2.45) is 0 Å². The van der Waals surface area contributed by atoms with Crippen molar-refractivity contribution in [2.75, 3.05) is 0 Å². The van der Waals surface area contributed by atoms with Gasteiger partial charge in [0, 0.05) is 76.2 Å². The molecule has 7 aromatic heterocycles. The first kappa shape index (κ1) is 36.5. The molecule has 70 heavy (non-hydrogen) atoms. The predicted octanol–water partition coefficient (Wildman–Crippen LogP) is 17.2. The molecule has 0 amide bonds. The molecule has 17 aromatic rings. The van der Waals surface area contributed by atoms with E-state index in [-0.39, 0.29) is 0 Å². The van der Waals surface area contributed by atoms with E-state index in [1.807, 2.05) is 30.5 Å². The van der Waals surface area contributed by atoms with Crippen LogP contribution in [0.4, 0.5) is 0 Å². The quantitative estimate of drug-likeness (QED) is 0.177. The standard InChI is InChI=1S/C63H34N4O3/c1-7-19-49-36(13-1)42-32-60-45(39-16-4-10-22-57(39)68-60)29-53(42)65(49)35-27-48-63(56(28-35)67-51-21-9-3-15-38(51)44-34-62-47(31-55(44)67)41-18-6-12-24-59(41)70-62)52(25-26-64-48)66-50-20-8-2-14-37(50)43-33-61-46(30-54(43)66)40-17-5-11-23-58(40)69-61/h1-34H. The van der Waals surface area contributed by atoms with Crippen LogP contribution in [0.2, 0.25) is 0 Å². The molecule has 7 nitrogen and oxygen atoms in total. The van der Waals surface area contributed by atoms with Gasteiger partial charge in [0.25, 0.3) is 0 Å². The van der Waals surface area contributed by atoms with E-state index in [2.05, 4.69) is 190 Å². The number of para-hydroxylation sites is 6. The fourth-order valence-corrected chi connectivity index (χ4v) is 12.1. The number of furan rings is 3. The maximum atomic E-state index is 6.56. The van der Waals surface area contributed by atoms with Crippen LogP contribution in [0.1, 0.15) is 0 Å². The maximum Gasteiger partial charge on any atom is 0.136 e. The molecule has 17 rings (SSSR count). The van der Waals surface area contributed by atoms with E-state index >= 15 is 0 Å². The number of aromatic nitrogens is 4. The lowest BCUT2D eigenvalue weighted by Gasteiger charge is -2.19. The van der Waals surface area contributed by atoms with Crippen molar-refractivity contribution in [2.45, 2.75) is 0 Å². The van der Waals surface area contributed by atoms with Gasteiger partial charge in [0.05, 0.1) is 55.7 Å². The molecular weight excluding hydrogens is 861 g/mol. The summed E-state index contributed by atoms with van der Waals surface area (Å²) in [5, 5.41) is 14.3. The molecule has 0 saturated carbocycles. The molecule has 0 saturated heterocycles. The van der Waals surface area contributed by atoms with E-state index in [1.54, 1.807) is 0 Å². The summed E-state index contributed by atoms with van der Waals surface area (Å²) in [6.45, 7) is 0. The summed E-state index contributed by atoms with van der Waals surface area (Å²) in [7, 11) is 0. The van der Waals surface area contributed by atoms with E-state index in [1.165, 1.54) is 0 Å². The highest BCUT2D eigenvalue weighted by Crippen LogP contribution is 2.45. The van der Waals surface area contributed by atoms with E-state index in [4.69, 9.17) is 18.2 Å². The first-order chi connectivity index (χ1) is 34.7. The fourth-order valence-electron chi connectivity index (χ4n) is 12.1. The molecule has 0 aliphatic carbocycles. The summed E-state index contributed by atoms with van der Waals surface area (Å²) in [6, 6.07) is 71.6. The van der Waals surface area contributed by atoms with Gasteiger partial charge >= 0.3 is 0 Å². The Balaban J connectivity index is 1.05. The zero-order chi connectivity index (χ0) is 45.3. The van der Waals surface area contributed by atoms with Gasteiger partial charge in [0.15, 0.2) is 0 Å².